The Morgan fingerprint density at radius 2 is 1.94 bits per heavy atom. The molecule has 9 atom stereocenters. The molecule has 0 radical (unpaired) electrons. The van der Waals surface area contributed by atoms with Gasteiger partial charge in [0.25, 0.3) is 0 Å². The smallest absolute Gasteiger partial charge is 0.334 e. The number of hydrogen-bond acceptors (Lipinski definition) is 13. The summed E-state index contributed by atoms with van der Waals surface area (Å²) in [5.41, 5.74) is 3.51. The Bertz CT molecular complexity index is 1590. The number of ether oxygens (including phenoxy) is 4. The van der Waals surface area contributed by atoms with Crippen LogP contribution in [0.3, 0.4) is 0 Å². The predicted octanol–water partition coefficient (Wildman–Crippen LogP) is 1.25. The monoisotopic (exact) mass is 697 g/mol. The molecule has 5 rings (SSSR count). The Labute approximate surface area is 290 Å². The summed E-state index contributed by atoms with van der Waals surface area (Å²) in [4.78, 5) is 26.6. The molecule has 9 unspecified atom stereocenters. The van der Waals surface area contributed by atoms with Gasteiger partial charge in [-0.25, -0.2) is 4.79 Å². The number of phenolic OH excluding ortho intramolecular Hbond substituents is 1. The molecule has 0 aromatic heterocycles. The first-order valence-electron chi connectivity index (χ1n) is 16.9. The van der Waals surface area contributed by atoms with Gasteiger partial charge in [-0.2, -0.15) is 0 Å². The molecule has 0 spiro atoms. The van der Waals surface area contributed by atoms with E-state index in [0.717, 1.165) is 30.0 Å². The van der Waals surface area contributed by atoms with Crippen molar-refractivity contribution in [2.24, 2.45) is 5.92 Å². The number of aromatic hydroxyl groups is 1. The number of hydrogen-bond donors (Lipinski definition) is 7. The molecule has 0 saturated carbocycles. The van der Waals surface area contributed by atoms with Crippen LogP contribution in [0.2, 0.25) is 0 Å². The highest BCUT2D eigenvalue weighted by atomic mass is 16.7. The number of aliphatic hydroxyl groups is 5. The number of rotatable bonds is 13. The van der Waals surface area contributed by atoms with Crippen LogP contribution in [0.25, 0.3) is 6.08 Å². The summed E-state index contributed by atoms with van der Waals surface area (Å²) in [5, 5.41) is 66.1. The number of aryl methyl sites for hydroxylation is 1. The number of nitrogens with one attached hydrogen (secondary N) is 1. The SMILES string of the molecule is COc1cc(C=C(CC2c3cc(CCO)ccc3CCC2CO)C(=O)OC2C(OC(C)=O)C(O)C3OC2(O)C=CC3NCC(C)O)ccc1O. The maximum absolute atomic E-state index is 14.4. The second-order valence-electron chi connectivity index (χ2n) is 13.3. The maximum Gasteiger partial charge on any atom is 0.334 e. The van der Waals surface area contributed by atoms with E-state index in [1.54, 1.807) is 25.1 Å². The van der Waals surface area contributed by atoms with Gasteiger partial charge in [-0.1, -0.05) is 30.3 Å². The van der Waals surface area contributed by atoms with E-state index in [1.165, 1.54) is 25.3 Å². The van der Waals surface area contributed by atoms with Crippen molar-refractivity contribution in [2.75, 3.05) is 26.9 Å². The Kier molecular flexibility index (Phi) is 12.0. The van der Waals surface area contributed by atoms with Crippen LogP contribution in [0.1, 0.15) is 54.9 Å². The minimum absolute atomic E-state index is 0.0402. The van der Waals surface area contributed by atoms with E-state index in [9.17, 15) is 40.2 Å². The van der Waals surface area contributed by atoms with Crippen LogP contribution >= 0.6 is 0 Å². The van der Waals surface area contributed by atoms with Crippen molar-refractivity contribution in [1.82, 2.24) is 5.32 Å². The molecule has 272 valence electrons. The molecule has 50 heavy (non-hydrogen) atoms. The molecule has 13 nitrogen and oxygen atoms in total. The van der Waals surface area contributed by atoms with Gasteiger partial charge < -0.3 is 54.9 Å². The van der Waals surface area contributed by atoms with Crippen LogP contribution in [0.5, 0.6) is 11.5 Å². The molecular weight excluding hydrogens is 650 g/mol. The Morgan fingerprint density at radius 3 is 2.62 bits per heavy atom. The highest BCUT2D eigenvalue weighted by molar-refractivity contribution is 5.94. The van der Waals surface area contributed by atoms with Crippen molar-refractivity contribution in [3.05, 3.63) is 76.4 Å². The molecule has 2 heterocycles. The van der Waals surface area contributed by atoms with Gasteiger partial charge in [0.15, 0.2) is 23.7 Å². The first-order valence-corrected chi connectivity index (χ1v) is 16.9. The molecule has 2 aromatic rings. The number of esters is 2. The zero-order valence-corrected chi connectivity index (χ0v) is 28.4. The number of carbonyl (C=O) groups is 2. The molecule has 2 aliphatic heterocycles. The van der Waals surface area contributed by atoms with Crippen molar-refractivity contribution in [3.63, 3.8) is 0 Å². The van der Waals surface area contributed by atoms with Crippen LogP contribution < -0.4 is 10.1 Å². The summed E-state index contributed by atoms with van der Waals surface area (Å²) in [7, 11) is 1.39. The topological polar surface area (TPSA) is 204 Å². The molecule has 2 aromatic carbocycles. The lowest BCUT2D eigenvalue weighted by molar-refractivity contribution is -0.333. The highest BCUT2D eigenvalue weighted by Gasteiger charge is 2.60. The molecule has 1 saturated heterocycles. The van der Waals surface area contributed by atoms with Gasteiger partial charge in [-0.3, -0.25) is 4.79 Å². The number of fused-ring (bicyclic) bond motifs is 3. The summed E-state index contributed by atoms with van der Waals surface area (Å²) in [6.07, 6.45) is -0.340. The average Bonchev–Trinajstić information content (AvgIpc) is 3.08. The molecule has 2 bridgehead atoms. The lowest BCUT2D eigenvalue weighted by atomic mass is 9.72. The summed E-state index contributed by atoms with van der Waals surface area (Å²) >= 11 is 0. The van der Waals surface area contributed by atoms with E-state index in [-0.39, 0.29) is 55.1 Å². The van der Waals surface area contributed by atoms with E-state index in [0.29, 0.717) is 18.4 Å². The molecule has 3 aliphatic rings. The molecule has 13 heteroatoms. The van der Waals surface area contributed by atoms with Crippen molar-refractivity contribution in [1.29, 1.82) is 0 Å². The highest BCUT2D eigenvalue weighted by Crippen LogP contribution is 2.43. The predicted molar refractivity (Wildman–Crippen MR) is 180 cm³/mol. The molecule has 0 amide bonds. The summed E-state index contributed by atoms with van der Waals surface area (Å²) < 4.78 is 22.6. The third kappa shape index (κ3) is 8.21. The second kappa shape index (κ2) is 16.0. The van der Waals surface area contributed by atoms with Gasteiger partial charge in [0.1, 0.15) is 12.2 Å². The minimum atomic E-state index is -2.29. The van der Waals surface area contributed by atoms with Gasteiger partial charge in [0, 0.05) is 32.3 Å². The first-order chi connectivity index (χ1) is 23.9. The van der Waals surface area contributed by atoms with Crippen molar-refractivity contribution >= 4 is 18.0 Å². The minimum Gasteiger partial charge on any atom is -0.504 e. The summed E-state index contributed by atoms with van der Waals surface area (Å²) in [5.74, 6) is -4.48. The number of aliphatic hydroxyl groups excluding tert-OH is 4. The van der Waals surface area contributed by atoms with E-state index in [2.05, 4.69) is 5.32 Å². The van der Waals surface area contributed by atoms with Crippen molar-refractivity contribution < 1.29 is 59.2 Å². The quantitative estimate of drug-likeness (QED) is 0.0896. The lowest BCUT2D eigenvalue weighted by Crippen LogP contribution is -2.71. The van der Waals surface area contributed by atoms with Crippen LogP contribution in [0, 0.1) is 5.92 Å². The largest absolute Gasteiger partial charge is 0.504 e. The number of phenols is 1. The third-order valence-corrected chi connectivity index (χ3v) is 9.63. The van der Waals surface area contributed by atoms with Crippen LogP contribution in [0.4, 0.5) is 0 Å². The fourth-order valence-electron chi connectivity index (χ4n) is 7.10. The fraction of sp³-hybridized carbons (Fsp3) is 0.514. The Hall–Kier alpha value is -3.82. The van der Waals surface area contributed by atoms with Gasteiger partial charge in [0.2, 0.25) is 5.79 Å². The van der Waals surface area contributed by atoms with E-state index in [4.69, 9.17) is 18.9 Å². The molecule has 1 aliphatic carbocycles. The summed E-state index contributed by atoms with van der Waals surface area (Å²) in [6.45, 7) is 2.67. The fourth-order valence-corrected chi connectivity index (χ4v) is 7.10. The standard InChI is InChI=1S/C37H47NO12/c1-20(41)18-38-29-10-12-37(46)35(34(48-21(2)42)32(44)33(29)50-37)49-36(45)26(14-23-5-9-30(43)31(16-23)47-3)17-28-25(19-40)8-7-24-6-4-22(11-13-39)15-27(24)28/h4-6,9-10,12,14-16,20,25,28-29,32-35,38-41,43-44,46H,7-8,11,13,17-19H2,1-3H3. The van der Waals surface area contributed by atoms with Crippen LogP contribution in [-0.2, 0) is 36.6 Å². The second-order valence-corrected chi connectivity index (χ2v) is 13.3. The van der Waals surface area contributed by atoms with Gasteiger partial charge in [0.05, 0.1) is 19.3 Å². The van der Waals surface area contributed by atoms with Crippen LogP contribution in [-0.4, -0.2) is 112 Å². The van der Waals surface area contributed by atoms with E-state index < -0.39 is 54.3 Å². The molecule has 7 N–H and O–H groups in total. The van der Waals surface area contributed by atoms with Crippen LogP contribution in [0.15, 0.2) is 54.1 Å². The van der Waals surface area contributed by atoms with Crippen molar-refractivity contribution in [2.45, 2.75) is 87.8 Å². The average molecular weight is 698 g/mol. The Balaban J connectivity index is 1.54. The van der Waals surface area contributed by atoms with E-state index >= 15 is 0 Å². The third-order valence-electron chi connectivity index (χ3n) is 9.63. The normalized spacial score (nSPS) is 29.5. The summed E-state index contributed by atoms with van der Waals surface area (Å²) in [6, 6.07) is 9.82. The number of carbonyl (C=O) groups excluding carboxylic acids is 2. The van der Waals surface area contributed by atoms with Gasteiger partial charge >= 0.3 is 11.9 Å². The van der Waals surface area contributed by atoms with Gasteiger partial charge in [-0.15, -0.1) is 0 Å². The Morgan fingerprint density at radius 1 is 1.16 bits per heavy atom. The zero-order chi connectivity index (χ0) is 36.2. The zero-order valence-electron chi connectivity index (χ0n) is 28.4. The lowest BCUT2D eigenvalue weighted by Gasteiger charge is -2.51. The first kappa shape index (κ1) is 37.4. The molecular formula is C37H47NO12. The van der Waals surface area contributed by atoms with Crippen molar-refractivity contribution in [3.8, 4) is 11.5 Å². The number of methoxy groups -OCH3 is 1. The van der Waals surface area contributed by atoms with E-state index in [1.807, 2.05) is 18.2 Å². The maximum atomic E-state index is 14.4. The van der Waals surface area contributed by atoms with Gasteiger partial charge in [-0.05, 0) is 91.0 Å². The molecule has 1 fully saturated rings. The number of benzene rings is 2.